The Kier molecular flexibility index (Phi) is 4.10. The second-order valence-electron chi connectivity index (χ2n) is 5.07. The number of anilines is 1. The zero-order chi connectivity index (χ0) is 16.2. The molecule has 2 aromatic carbocycles. The van der Waals surface area contributed by atoms with Gasteiger partial charge in [0.25, 0.3) is 0 Å². The molecule has 2 N–H and O–H groups in total. The summed E-state index contributed by atoms with van der Waals surface area (Å²) in [5, 5.41) is 13.1. The first kappa shape index (κ1) is 14.8. The molecular weight excluding hydrogens is 292 g/mol. The lowest BCUT2D eigenvalue weighted by atomic mass is 10.1. The highest BCUT2D eigenvalue weighted by Crippen LogP contribution is 2.20. The van der Waals surface area contributed by atoms with Crippen LogP contribution in [0, 0.1) is 0 Å². The average molecular weight is 308 g/mol. The summed E-state index contributed by atoms with van der Waals surface area (Å²) < 4.78 is 5.32. The molecule has 3 aromatic rings. The molecule has 0 unspecified atom stereocenters. The lowest BCUT2D eigenvalue weighted by Gasteiger charge is -2.10. The lowest BCUT2D eigenvalue weighted by Crippen LogP contribution is -2.03. The Balaban J connectivity index is 1.81. The maximum absolute atomic E-state index is 11.0. The van der Waals surface area contributed by atoms with Crippen molar-refractivity contribution in [3.05, 3.63) is 65.7 Å². The van der Waals surface area contributed by atoms with Gasteiger partial charge in [0.05, 0.1) is 18.2 Å². The van der Waals surface area contributed by atoms with Gasteiger partial charge in [0.1, 0.15) is 11.6 Å². The molecule has 1 aromatic heterocycles. The third kappa shape index (κ3) is 3.23. The minimum Gasteiger partial charge on any atom is -0.496 e. The van der Waals surface area contributed by atoms with Gasteiger partial charge >= 0.3 is 5.97 Å². The Labute approximate surface area is 133 Å². The molecule has 0 atom stereocenters. The average Bonchev–Trinajstić information content (AvgIpc) is 2.59. The van der Waals surface area contributed by atoms with Crippen LogP contribution in [0.15, 0.2) is 54.6 Å². The minimum absolute atomic E-state index is 0.258. The summed E-state index contributed by atoms with van der Waals surface area (Å²) in [6.07, 6.45) is 0. The zero-order valence-electron chi connectivity index (χ0n) is 12.6. The highest BCUT2D eigenvalue weighted by Gasteiger charge is 2.06. The molecule has 23 heavy (non-hydrogen) atoms. The van der Waals surface area contributed by atoms with Gasteiger partial charge in [0.15, 0.2) is 0 Å². The lowest BCUT2D eigenvalue weighted by molar-refractivity contribution is 0.0697. The Bertz CT molecular complexity index is 862. The van der Waals surface area contributed by atoms with Crippen LogP contribution >= 0.6 is 0 Å². The first-order valence-electron chi connectivity index (χ1n) is 7.17. The fourth-order valence-electron chi connectivity index (χ4n) is 2.39. The number of fused-ring (bicyclic) bond motifs is 1. The number of carbonyl (C=O) groups is 1. The molecule has 0 bridgehead atoms. The van der Waals surface area contributed by atoms with E-state index in [9.17, 15) is 4.79 Å². The quantitative estimate of drug-likeness (QED) is 0.754. The number of hydrogen-bond acceptors (Lipinski definition) is 4. The molecule has 0 aliphatic rings. The largest absolute Gasteiger partial charge is 0.496 e. The first-order chi connectivity index (χ1) is 11.2. The van der Waals surface area contributed by atoms with Gasteiger partial charge in [0.2, 0.25) is 0 Å². The van der Waals surface area contributed by atoms with Gasteiger partial charge in [-0.25, -0.2) is 9.78 Å². The van der Waals surface area contributed by atoms with Crippen molar-refractivity contribution in [1.82, 2.24) is 4.98 Å². The minimum atomic E-state index is -0.940. The van der Waals surface area contributed by atoms with Crippen molar-refractivity contribution in [2.45, 2.75) is 6.54 Å². The van der Waals surface area contributed by atoms with Crippen LogP contribution in [0.25, 0.3) is 10.9 Å². The SMILES string of the molecule is COc1ccccc1CNc1ccc2cc(C(=O)O)ccc2n1. The van der Waals surface area contributed by atoms with Crippen molar-refractivity contribution in [1.29, 1.82) is 0 Å². The molecule has 1 heterocycles. The van der Waals surface area contributed by atoms with E-state index in [1.807, 2.05) is 36.4 Å². The van der Waals surface area contributed by atoms with Gasteiger partial charge in [-0.15, -0.1) is 0 Å². The highest BCUT2D eigenvalue weighted by atomic mass is 16.5. The van der Waals surface area contributed by atoms with E-state index in [2.05, 4.69) is 10.3 Å². The summed E-state index contributed by atoms with van der Waals surface area (Å²) in [7, 11) is 1.65. The Morgan fingerprint density at radius 2 is 2.00 bits per heavy atom. The number of nitrogens with one attached hydrogen (secondary N) is 1. The molecule has 0 fully saturated rings. The van der Waals surface area contributed by atoms with Gasteiger partial charge in [-0.1, -0.05) is 18.2 Å². The van der Waals surface area contributed by atoms with Crippen molar-refractivity contribution >= 4 is 22.7 Å². The van der Waals surface area contributed by atoms with E-state index in [4.69, 9.17) is 9.84 Å². The maximum Gasteiger partial charge on any atom is 0.335 e. The number of aromatic carboxylic acids is 1. The Morgan fingerprint density at radius 1 is 1.17 bits per heavy atom. The summed E-state index contributed by atoms with van der Waals surface area (Å²) in [5.74, 6) is 0.614. The predicted molar refractivity (Wildman–Crippen MR) is 89.0 cm³/mol. The van der Waals surface area contributed by atoms with Crippen molar-refractivity contribution in [3.8, 4) is 5.75 Å². The maximum atomic E-state index is 11.0. The van der Waals surface area contributed by atoms with Gasteiger partial charge in [-0.2, -0.15) is 0 Å². The topological polar surface area (TPSA) is 71.5 Å². The number of nitrogens with zero attached hydrogens (tertiary/aromatic N) is 1. The summed E-state index contributed by atoms with van der Waals surface area (Å²) in [6.45, 7) is 0.593. The number of rotatable bonds is 5. The fourth-order valence-corrected chi connectivity index (χ4v) is 2.39. The number of aromatic nitrogens is 1. The van der Waals surface area contributed by atoms with Crippen molar-refractivity contribution in [2.24, 2.45) is 0 Å². The van der Waals surface area contributed by atoms with E-state index in [0.717, 1.165) is 28.0 Å². The van der Waals surface area contributed by atoms with Gasteiger partial charge in [-0.05, 0) is 36.4 Å². The van der Waals surface area contributed by atoms with Crippen LogP contribution < -0.4 is 10.1 Å². The second-order valence-corrected chi connectivity index (χ2v) is 5.07. The van der Waals surface area contributed by atoms with Crippen molar-refractivity contribution in [2.75, 3.05) is 12.4 Å². The first-order valence-corrected chi connectivity index (χ1v) is 7.17. The third-order valence-corrected chi connectivity index (χ3v) is 3.59. The van der Waals surface area contributed by atoms with Gasteiger partial charge in [-0.3, -0.25) is 0 Å². The molecule has 3 rings (SSSR count). The van der Waals surface area contributed by atoms with Crippen LogP contribution in [0.3, 0.4) is 0 Å². The number of carboxylic acid groups (broad SMARTS) is 1. The van der Waals surface area contributed by atoms with Gasteiger partial charge in [0, 0.05) is 17.5 Å². The summed E-state index contributed by atoms with van der Waals surface area (Å²) in [6, 6.07) is 16.4. The van der Waals surface area contributed by atoms with Crippen molar-refractivity contribution in [3.63, 3.8) is 0 Å². The number of carboxylic acids is 1. The molecule has 5 nitrogen and oxygen atoms in total. The van der Waals surface area contributed by atoms with E-state index in [0.29, 0.717) is 6.54 Å². The number of pyridine rings is 1. The van der Waals surface area contributed by atoms with E-state index in [-0.39, 0.29) is 5.56 Å². The molecule has 116 valence electrons. The number of para-hydroxylation sites is 1. The van der Waals surface area contributed by atoms with E-state index in [1.165, 1.54) is 0 Å². The molecule has 0 saturated heterocycles. The van der Waals surface area contributed by atoms with Crippen LogP contribution in [0.5, 0.6) is 5.75 Å². The molecular formula is C18H16N2O3. The number of benzene rings is 2. The fraction of sp³-hybridized carbons (Fsp3) is 0.111. The summed E-state index contributed by atoms with van der Waals surface area (Å²) >= 11 is 0. The van der Waals surface area contributed by atoms with Gasteiger partial charge < -0.3 is 15.2 Å². The Morgan fingerprint density at radius 3 is 2.78 bits per heavy atom. The van der Waals surface area contributed by atoms with Crippen LogP contribution in [-0.4, -0.2) is 23.2 Å². The zero-order valence-corrected chi connectivity index (χ0v) is 12.6. The Hall–Kier alpha value is -3.08. The smallest absolute Gasteiger partial charge is 0.335 e. The van der Waals surface area contributed by atoms with Crippen LogP contribution in [0.4, 0.5) is 5.82 Å². The molecule has 0 aliphatic heterocycles. The monoisotopic (exact) mass is 308 g/mol. The molecule has 0 aliphatic carbocycles. The van der Waals surface area contributed by atoms with Crippen LogP contribution in [0.1, 0.15) is 15.9 Å². The molecule has 0 saturated carbocycles. The molecule has 5 heteroatoms. The number of ether oxygens (including phenoxy) is 1. The predicted octanol–water partition coefficient (Wildman–Crippen LogP) is 3.55. The standard InChI is InChI=1S/C18H16N2O3/c1-23-16-5-3-2-4-14(16)11-19-17-9-7-12-10-13(18(21)22)6-8-15(12)20-17/h2-10H,11H2,1H3,(H,19,20)(H,21,22). The van der Waals surface area contributed by atoms with E-state index in [1.54, 1.807) is 25.3 Å². The number of methoxy groups -OCH3 is 1. The van der Waals surface area contributed by atoms with E-state index < -0.39 is 5.97 Å². The van der Waals surface area contributed by atoms with Crippen molar-refractivity contribution < 1.29 is 14.6 Å². The third-order valence-electron chi connectivity index (χ3n) is 3.59. The normalized spacial score (nSPS) is 10.5. The summed E-state index contributed by atoms with van der Waals surface area (Å²) in [5.41, 5.74) is 2.05. The van der Waals surface area contributed by atoms with E-state index >= 15 is 0 Å². The molecule has 0 radical (unpaired) electrons. The molecule has 0 spiro atoms. The highest BCUT2D eigenvalue weighted by molar-refractivity contribution is 5.93. The second kappa shape index (κ2) is 6.36. The summed E-state index contributed by atoms with van der Waals surface area (Å²) in [4.78, 5) is 15.5. The number of hydrogen-bond donors (Lipinski definition) is 2. The van der Waals surface area contributed by atoms with Crippen LogP contribution in [0.2, 0.25) is 0 Å². The van der Waals surface area contributed by atoms with Crippen LogP contribution in [-0.2, 0) is 6.54 Å². The molecule has 0 amide bonds.